The number of sulfonamides is 1. The van der Waals surface area contributed by atoms with Crippen LogP contribution in [0.5, 0.6) is 0 Å². The second-order valence-electron chi connectivity index (χ2n) is 4.27. The van der Waals surface area contributed by atoms with Crippen LogP contribution in [-0.4, -0.2) is 30.7 Å². The van der Waals surface area contributed by atoms with Gasteiger partial charge in [0.25, 0.3) is 0 Å². The van der Waals surface area contributed by atoms with E-state index in [0.717, 1.165) is 5.56 Å². The zero-order chi connectivity index (χ0) is 14.6. The Hall–Kier alpha value is -0.920. The molecule has 0 radical (unpaired) electrons. The summed E-state index contributed by atoms with van der Waals surface area (Å²) in [7, 11) is -4.65. The largest absolute Gasteiger partial charge is 0.397 e. The molecule has 0 aliphatic carbocycles. The first kappa shape index (κ1) is 16.1. The molecule has 5 nitrogen and oxygen atoms in total. The third kappa shape index (κ3) is 4.02. The average Bonchev–Trinajstić information content (AvgIpc) is 2.33. The van der Waals surface area contributed by atoms with Crippen LogP contribution in [0.3, 0.4) is 0 Å². The van der Waals surface area contributed by atoms with Gasteiger partial charge in [0.05, 0.1) is 5.69 Å². The minimum absolute atomic E-state index is 0.120. The SMILES string of the molecule is CCS(=O)CCNS(=O)(=O)c1c(C)ccc(C)c1N. The van der Waals surface area contributed by atoms with Crippen molar-refractivity contribution < 1.29 is 12.6 Å². The van der Waals surface area contributed by atoms with E-state index >= 15 is 0 Å². The summed E-state index contributed by atoms with van der Waals surface area (Å²) >= 11 is 0. The van der Waals surface area contributed by atoms with E-state index in [0.29, 0.717) is 17.1 Å². The molecule has 0 spiro atoms. The van der Waals surface area contributed by atoms with Crippen molar-refractivity contribution in [2.75, 3.05) is 23.8 Å². The van der Waals surface area contributed by atoms with Crippen molar-refractivity contribution in [1.82, 2.24) is 4.72 Å². The van der Waals surface area contributed by atoms with Gasteiger partial charge in [-0.15, -0.1) is 0 Å². The molecule has 0 aromatic heterocycles. The Kier molecular flexibility index (Phi) is 5.51. The Bertz CT molecular complexity index is 583. The summed E-state index contributed by atoms with van der Waals surface area (Å²) < 4.78 is 38.1. The lowest BCUT2D eigenvalue weighted by Crippen LogP contribution is -2.29. The highest BCUT2D eigenvalue weighted by molar-refractivity contribution is 7.89. The molecule has 1 atom stereocenters. The molecule has 1 aromatic carbocycles. The average molecular weight is 304 g/mol. The van der Waals surface area contributed by atoms with Gasteiger partial charge in [-0.2, -0.15) is 0 Å². The van der Waals surface area contributed by atoms with Crippen molar-refractivity contribution >= 4 is 26.5 Å². The smallest absolute Gasteiger partial charge is 0.242 e. The predicted molar refractivity (Wildman–Crippen MR) is 79.1 cm³/mol. The number of nitrogens with one attached hydrogen (secondary N) is 1. The summed E-state index contributed by atoms with van der Waals surface area (Å²) in [6.45, 7) is 5.41. The van der Waals surface area contributed by atoms with Crippen molar-refractivity contribution in [2.24, 2.45) is 0 Å². The van der Waals surface area contributed by atoms with Crippen LogP contribution >= 0.6 is 0 Å². The van der Waals surface area contributed by atoms with E-state index in [2.05, 4.69) is 4.72 Å². The molecule has 0 aliphatic rings. The molecule has 1 unspecified atom stereocenters. The van der Waals surface area contributed by atoms with Crippen LogP contribution in [0, 0.1) is 13.8 Å². The van der Waals surface area contributed by atoms with Crippen LogP contribution in [0.2, 0.25) is 0 Å². The van der Waals surface area contributed by atoms with E-state index < -0.39 is 20.8 Å². The molecule has 0 fully saturated rings. The first-order chi connectivity index (χ1) is 8.79. The van der Waals surface area contributed by atoms with Crippen molar-refractivity contribution in [1.29, 1.82) is 0 Å². The summed E-state index contributed by atoms with van der Waals surface area (Å²) in [5, 5.41) is 0. The summed E-state index contributed by atoms with van der Waals surface area (Å²) in [5.41, 5.74) is 7.44. The Morgan fingerprint density at radius 3 is 2.42 bits per heavy atom. The minimum Gasteiger partial charge on any atom is -0.397 e. The zero-order valence-corrected chi connectivity index (χ0v) is 13.0. The van der Waals surface area contributed by atoms with Gasteiger partial charge in [0, 0.05) is 28.9 Å². The number of nitrogens with two attached hydrogens (primary N) is 1. The molecular weight excluding hydrogens is 284 g/mol. The molecule has 7 heteroatoms. The van der Waals surface area contributed by atoms with Gasteiger partial charge < -0.3 is 5.73 Å². The van der Waals surface area contributed by atoms with E-state index in [-0.39, 0.29) is 17.1 Å². The Balaban J connectivity index is 2.95. The highest BCUT2D eigenvalue weighted by Crippen LogP contribution is 2.25. The zero-order valence-electron chi connectivity index (χ0n) is 11.4. The van der Waals surface area contributed by atoms with E-state index in [1.165, 1.54) is 0 Å². The summed E-state index contributed by atoms with van der Waals surface area (Å²) in [4.78, 5) is 0.120. The number of anilines is 1. The number of hydrogen-bond acceptors (Lipinski definition) is 4. The summed E-state index contributed by atoms with van der Waals surface area (Å²) in [6, 6.07) is 3.51. The highest BCUT2D eigenvalue weighted by atomic mass is 32.2. The van der Waals surface area contributed by atoms with E-state index in [1.54, 1.807) is 32.9 Å². The molecule has 0 amide bonds. The molecule has 108 valence electrons. The third-order valence-corrected chi connectivity index (χ3v) is 5.79. The Morgan fingerprint density at radius 1 is 1.26 bits per heavy atom. The fourth-order valence-electron chi connectivity index (χ4n) is 1.67. The maximum absolute atomic E-state index is 12.2. The Morgan fingerprint density at radius 2 is 1.84 bits per heavy atom. The maximum Gasteiger partial charge on any atom is 0.242 e. The molecule has 0 aliphatic heterocycles. The lowest BCUT2D eigenvalue weighted by Gasteiger charge is -2.13. The van der Waals surface area contributed by atoms with Crippen LogP contribution in [-0.2, 0) is 20.8 Å². The molecule has 1 rings (SSSR count). The van der Waals surface area contributed by atoms with Gasteiger partial charge in [-0.3, -0.25) is 4.21 Å². The van der Waals surface area contributed by atoms with Crippen LogP contribution in [0.1, 0.15) is 18.1 Å². The number of rotatable bonds is 6. The van der Waals surface area contributed by atoms with Gasteiger partial charge in [0.1, 0.15) is 4.90 Å². The van der Waals surface area contributed by atoms with Crippen LogP contribution < -0.4 is 10.5 Å². The van der Waals surface area contributed by atoms with Crippen molar-refractivity contribution in [3.63, 3.8) is 0 Å². The molecule has 19 heavy (non-hydrogen) atoms. The number of benzene rings is 1. The minimum atomic E-state index is -3.66. The van der Waals surface area contributed by atoms with Gasteiger partial charge in [0.2, 0.25) is 10.0 Å². The highest BCUT2D eigenvalue weighted by Gasteiger charge is 2.20. The van der Waals surface area contributed by atoms with Crippen LogP contribution in [0.15, 0.2) is 17.0 Å². The van der Waals surface area contributed by atoms with Crippen molar-refractivity contribution in [2.45, 2.75) is 25.7 Å². The first-order valence-electron chi connectivity index (χ1n) is 6.00. The topological polar surface area (TPSA) is 89.3 Å². The van der Waals surface area contributed by atoms with E-state index in [1.807, 2.05) is 0 Å². The number of hydrogen-bond donors (Lipinski definition) is 2. The molecule has 0 saturated carbocycles. The molecule has 3 N–H and O–H groups in total. The Labute approximate surface area is 117 Å². The van der Waals surface area contributed by atoms with Crippen molar-refractivity contribution in [3.05, 3.63) is 23.3 Å². The second kappa shape index (κ2) is 6.49. The normalized spacial score (nSPS) is 13.4. The first-order valence-corrected chi connectivity index (χ1v) is 8.97. The molecular formula is C12H20N2O3S2. The van der Waals surface area contributed by atoms with E-state index in [9.17, 15) is 12.6 Å². The van der Waals surface area contributed by atoms with Crippen molar-refractivity contribution in [3.8, 4) is 0 Å². The third-order valence-electron chi connectivity index (χ3n) is 2.82. The van der Waals surface area contributed by atoms with Gasteiger partial charge in [-0.05, 0) is 25.0 Å². The molecule has 0 heterocycles. The van der Waals surface area contributed by atoms with Gasteiger partial charge in [0.15, 0.2) is 0 Å². The lowest BCUT2D eigenvalue weighted by molar-refractivity contribution is 0.583. The quantitative estimate of drug-likeness (QED) is 0.765. The maximum atomic E-state index is 12.2. The van der Waals surface area contributed by atoms with Gasteiger partial charge >= 0.3 is 0 Å². The van der Waals surface area contributed by atoms with Gasteiger partial charge in [-0.25, -0.2) is 13.1 Å². The van der Waals surface area contributed by atoms with Gasteiger partial charge in [-0.1, -0.05) is 19.1 Å². The summed E-state index contributed by atoms with van der Waals surface area (Å²) in [6.07, 6.45) is 0. The number of nitrogen functional groups attached to an aromatic ring is 1. The van der Waals surface area contributed by atoms with E-state index in [4.69, 9.17) is 5.73 Å². The monoisotopic (exact) mass is 304 g/mol. The fourth-order valence-corrected chi connectivity index (χ4v) is 3.88. The standard InChI is InChI=1S/C12H20N2O3S2/c1-4-18(15)8-7-14-19(16,17)12-10(3)6-5-9(2)11(12)13/h5-6,14H,4,7-8,13H2,1-3H3. The molecule has 0 saturated heterocycles. The van der Waals surface area contributed by atoms with Crippen LogP contribution in [0.25, 0.3) is 0 Å². The molecule has 1 aromatic rings. The molecule has 0 bridgehead atoms. The lowest BCUT2D eigenvalue weighted by atomic mass is 10.1. The van der Waals surface area contributed by atoms with Crippen LogP contribution in [0.4, 0.5) is 5.69 Å². The second-order valence-corrected chi connectivity index (χ2v) is 7.84. The predicted octanol–water partition coefficient (Wildman–Crippen LogP) is 0.933. The fraction of sp³-hybridized carbons (Fsp3) is 0.500. The summed E-state index contributed by atoms with van der Waals surface area (Å²) in [5.74, 6) is 0.827. The number of aryl methyl sites for hydroxylation is 2.